The van der Waals surface area contributed by atoms with Gasteiger partial charge in [0.15, 0.2) is 0 Å². The lowest BCUT2D eigenvalue weighted by Crippen LogP contribution is -2.43. The van der Waals surface area contributed by atoms with Crippen LogP contribution in [0.2, 0.25) is 0 Å². The van der Waals surface area contributed by atoms with Crippen molar-refractivity contribution >= 4 is 0 Å². The number of hydrogen-bond donors (Lipinski definition) is 1. The molecule has 0 aliphatic heterocycles. The van der Waals surface area contributed by atoms with E-state index in [0.717, 1.165) is 18.3 Å². The minimum absolute atomic E-state index is 0.0686. The van der Waals surface area contributed by atoms with Gasteiger partial charge in [-0.1, -0.05) is 34.6 Å². The average Bonchev–Trinajstić information content (AvgIpc) is 2.37. The fourth-order valence-electron chi connectivity index (χ4n) is 4.39. The Hall–Kier alpha value is -0.0400. The van der Waals surface area contributed by atoms with Gasteiger partial charge in [0.25, 0.3) is 0 Å². The van der Waals surface area contributed by atoms with Crippen molar-refractivity contribution in [1.29, 1.82) is 0 Å². The molecule has 2 rings (SSSR count). The SMILES string of the molecule is CC(C)[C@@H]1CC[C@]2(C)CC(O)[C@@H](C)[C@]2(C)C1. The highest BCUT2D eigenvalue weighted by Crippen LogP contribution is 2.64. The van der Waals surface area contributed by atoms with E-state index >= 15 is 0 Å². The fourth-order valence-corrected chi connectivity index (χ4v) is 4.39. The molecule has 0 bridgehead atoms. The zero-order valence-electron chi connectivity index (χ0n) is 11.6. The second kappa shape index (κ2) is 3.73. The van der Waals surface area contributed by atoms with Gasteiger partial charge < -0.3 is 5.11 Å². The summed E-state index contributed by atoms with van der Waals surface area (Å²) in [4.78, 5) is 0. The highest BCUT2D eigenvalue weighted by atomic mass is 16.3. The molecule has 0 amide bonds. The normalized spacial score (nSPS) is 53.1. The summed E-state index contributed by atoms with van der Waals surface area (Å²) >= 11 is 0. The number of rotatable bonds is 1. The van der Waals surface area contributed by atoms with Crippen LogP contribution in [0.15, 0.2) is 0 Å². The lowest BCUT2D eigenvalue weighted by atomic mass is 9.54. The van der Waals surface area contributed by atoms with E-state index in [9.17, 15) is 5.11 Å². The standard InChI is InChI=1S/C15H28O/c1-10(2)12-6-7-14(4)9-13(16)11(3)15(14,5)8-12/h10-13,16H,6-9H2,1-5H3/t11-,12-,13?,14-,15+/m1/s1. The van der Waals surface area contributed by atoms with Crippen molar-refractivity contribution in [2.24, 2.45) is 28.6 Å². The van der Waals surface area contributed by atoms with Crippen LogP contribution in [-0.2, 0) is 0 Å². The Balaban J connectivity index is 2.26. The van der Waals surface area contributed by atoms with Crippen LogP contribution in [0.1, 0.15) is 60.3 Å². The van der Waals surface area contributed by atoms with E-state index < -0.39 is 0 Å². The zero-order valence-corrected chi connectivity index (χ0v) is 11.6. The largest absolute Gasteiger partial charge is 0.393 e. The van der Waals surface area contributed by atoms with Crippen LogP contribution in [0.5, 0.6) is 0 Å². The van der Waals surface area contributed by atoms with Gasteiger partial charge >= 0.3 is 0 Å². The van der Waals surface area contributed by atoms with E-state index in [2.05, 4.69) is 34.6 Å². The molecular formula is C15H28O. The van der Waals surface area contributed by atoms with Crippen molar-refractivity contribution in [2.45, 2.75) is 66.4 Å². The molecule has 1 unspecified atom stereocenters. The number of fused-ring (bicyclic) bond motifs is 1. The second-order valence-electron chi connectivity index (χ2n) is 7.29. The summed E-state index contributed by atoms with van der Waals surface area (Å²) in [6.45, 7) is 11.8. The Morgan fingerprint density at radius 2 is 1.81 bits per heavy atom. The van der Waals surface area contributed by atoms with Crippen LogP contribution in [0.4, 0.5) is 0 Å². The summed E-state index contributed by atoms with van der Waals surface area (Å²) in [5, 5.41) is 10.2. The first-order chi connectivity index (χ1) is 7.30. The Bertz CT molecular complexity index is 273. The van der Waals surface area contributed by atoms with Crippen molar-refractivity contribution in [3.63, 3.8) is 0 Å². The van der Waals surface area contributed by atoms with Gasteiger partial charge in [0.1, 0.15) is 0 Å². The predicted molar refractivity (Wildman–Crippen MR) is 68.2 cm³/mol. The smallest absolute Gasteiger partial charge is 0.0576 e. The van der Waals surface area contributed by atoms with Gasteiger partial charge in [-0.25, -0.2) is 0 Å². The molecule has 0 spiro atoms. The quantitative estimate of drug-likeness (QED) is 0.717. The summed E-state index contributed by atoms with van der Waals surface area (Å²) in [5.41, 5.74) is 0.747. The maximum absolute atomic E-state index is 10.2. The van der Waals surface area contributed by atoms with Crippen molar-refractivity contribution in [2.75, 3.05) is 0 Å². The van der Waals surface area contributed by atoms with Crippen molar-refractivity contribution in [3.8, 4) is 0 Å². The Labute approximate surface area is 101 Å². The maximum atomic E-state index is 10.2. The van der Waals surface area contributed by atoms with Gasteiger partial charge in [-0.2, -0.15) is 0 Å². The van der Waals surface area contributed by atoms with E-state index in [1.165, 1.54) is 19.3 Å². The molecule has 0 saturated heterocycles. The molecule has 16 heavy (non-hydrogen) atoms. The summed E-state index contributed by atoms with van der Waals surface area (Å²) in [6, 6.07) is 0. The van der Waals surface area contributed by atoms with E-state index in [0.29, 0.717) is 16.7 Å². The third kappa shape index (κ3) is 1.54. The zero-order chi connectivity index (χ0) is 12.1. The number of aliphatic hydroxyl groups is 1. The lowest BCUT2D eigenvalue weighted by molar-refractivity contribution is -0.0215. The molecule has 94 valence electrons. The van der Waals surface area contributed by atoms with Gasteiger partial charge in [-0.3, -0.25) is 0 Å². The molecule has 2 aliphatic carbocycles. The number of hydrogen-bond acceptors (Lipinski definition) is 1. The molecular weight excluding hydrogens is 196 g/mol. The first-order valence-electron chi connectivity index (χ1n) is 6.98. The van der Waals surface area contributed by atoms with E-state index in [4.69, 9.17) is 0 Å². The van der Waals surface area contributed by atoms with Crippen LogP contribution in [-0.4, -0.2) is 11.2 Å². The Kier molecular flexibility index (Phi) is 2.89. The summed E-state index contributed by atoms with van der Waals surface area (Å²) in [6.07, 6.45) is 4.95. The Morgan fingerprint density at radius 1 is 1.19 bits per heavy atom. The molecule has 0 aromatic carbocycles. The summed E-state index contributed by atoms with van der Waals surface area (Å²) in [5.74, 6) is 2.14. The second-order valence-corrected chi connectivity index (χ2v) is 7.29. The van der Waals surface area contributed by atoms with Crippen LogP contribution >= 0.6 is 0 Å². The molecule has 1 nitrogen and oxygen atoms in total. The van der Waals surface area contributed by atoms with Crippen molar-refractivity contribution in [1.82, 2.24) is 0 Å². The lowest BCUT2D eigenvalue weighted by Gasteiger charge is -2.51. The topological polar surface area (TPSA) is 20.2 Å². The molecule has 1 N–H and O–H groups in total. The van der Waals surface area contributed by atoms with E-state index in [-0.39, 0.29) is 6.10 Å². The average molecular weight is 224 g/mol. The molecule has 2 saturated carbocycles. The summed E-state index contributed by atoms with van der Waals surface area (Å²) in [7, 11) is 0. The molecule has 0 radical (unpaired) electrons. The van der Waals surface area contributed by atoms with Crippen LogP contribution in [0.3, 0.4) is 0 Å². The molecule has 2 aliphatic rings. The van der Waals surface area contributed by atoms with Gasteiger partial charge in [-0.05, 0) is 54.3 Å². The Morgan fingerprint density at radius 3 is 2.38 bits per heavy atom. The molecule has 0 aromatic heterocycles. The van der Waals surface area contributed by atoms with Crippen LogP contribution in [0.25, 0.3) is 0 Å². The molecule has 1 heteroatoms. The first kappa shape index (κ1) is 12.4. The van der Waals surface area contributed by atoms with Crippen molar-refractivity contribution < 1.29 is 5.11 Å². The summed E-state index contributed by atoms with van der Waals surface area (Å²) < 4.78 is 0. The van der Waals surface area contributed by atoms with Gasteiger partial charge in [0, 0.05) is 0 Å². The molecule has 0 heterocycles. The van der Waals surface area contributed by atoms with Gasteiger partial charge in [-0.15, -0.1) is 0 Å². The predicted octanol–water partition coefficient (Wildman–Crippen LogP) is 3.86. The van der Waals surface area contributed by atoms with Crippen LogP contribution < -0.4 is 0 Å². The fraction of sp³-hybridized carbons (Fsp3) is 1.00. The third-order valence-corrected chi connectivity index (χ3v) is 6.32. The first-order valence-corrected chi connectivity index (χ1v) is 6.98. The van der Waals surface area contributed by atoms with Crippen molar-refractivity contribution in [3.05, 3.63) is 0 Å². The maximum Gasteiger partial charge on any atom is 0.0576 e. The molecule has 0 aromatic rings. The minimum atomic E-state index is -0.0686. The molecule has 2 fully saturated rings. The van der Waals surface area contributed by atoms with E-state index in [1.807, 2.05) is 0 Å². The third-order valence-electron chi connectivity index (χ3n) is 6.32. The van der Waals surface area contributed by atoms with E-state index in [1.54, 1.807) is 0 Å². The number of aliphatic hydroxyl groups excluding tert-OH is 1. The monoisotopic (exact) mass is 224 g/mol. The van der Waals surface area contributed by atoms with Crippen LogP contribution in [0, 0.1) is 28.6 Å². The van der Waals surface area contributed by atoms with Gasteiger partial charge in [0.05, 0.1) is 6.10 Å². The minimum Gasteiger partial charge on any atom is -0.393 e. The highest BCUT2D eigenvalue weighted by Gasteiger charge is 2.58. The van der Waals surface area contributed by atoms with Gasteiger partial charge in [0.2, 0.25) is 0 Å². The highest BCUT2D eigenvalue weighted by molar-refractivity contribution is 5.08. The molecule has 5 atom stereocenters.